The van der Waals surface area contributed by atoms with Crippen LogP contribution in [0.2, 0.25) is 5.02 Å². The molecule has 0 saturated carbocycles. The molecule has 13 heteroatoms. The molecular weight excluding hydrogens is 488 g/mol. The topological polar surface area (TPSA) is 169 Å². The van der Waals surface area contributed by atoms with E-state index in [4.69, 9.17) is 22.7 Å². The van der Waals surface area contributed by atoms with Crippen molar-refractivity contribution >= 4 is 46.1 Å². The van der Waals surface area contributed by atoms with Gasteiger partial charge in [0.25, 0.3) is 5.56 Å². The number of benzene rings is 1. The van der Waals surface area contributed by atoms with Crippen molar-refractivity contribution in [1.82, 2.24) is 19.1 Å². The molecule has 2 aromatic heterocycles. The second kappa shape index (κ2) is 11.1. The highest BCUT2D eigenvalue weighted by molar-refractivity contribution is 6.32. The van der Waals surface area contributed by atoms with E-state index in [1.165, 1.54) is 22.9 Å². The Morgan fingerprint density at radius 3 is 2.53 bits per heavy atom. The number of nitrogens with two attached hydrogens (primary N) is 1. The highest BCUT2D eigenvalue weighted by Crippen LogP contribution is 2.21. The maximum atomic E-state index is 12.7. The Labute approximate surface area is 210 Å². The van der Waals surface area contributed by atoms with Crippen LogP contribution in [0.1, 0.15) is 39.2 Å². The minimum atomic E-state index is -0.620. The first-order valence-electron chi connectivity index (χ1n) is 11.2. The number of nitriles is 1. The second-order valence-corrected chi connectivity index (χ2v) is 8.52. The Bertz CT molecular complexity index is 1490. The molecule has 3 rings (SSSR count). The number of carbonyl (C=O) groups excluding carboxylic acids is 2. The minimum Gasteiger partial charge on any atom is -0.326 e. The van der Waals surface area contributed by atoms with Gasteiger partial charge >= 0.3 is 5.69 Å². The first-order valence-corrected chi connectivity index (χ1v) is 11.6. The van der Waals surface area contributed by atoms with Crippen LogP contribution < -0.4 is 27.4 Å². The number of fused-ring (bicyclic) bond motifs is 1. The zero-order valence-electron chi connectivity index (χ0n) is 20.0. The molecule has 3 aromatic rings. The molecule has 36 heavy (non-hydrogen) atoms. The van der Waals surface area contributed by atoms with E-state index in [1.54, 1.807) is 26.8 Å². The summed E-state index contributed by atoms with van der Waals surface area (Å²) >= 11 is 5.98. The van der Waals surface area contributed by atoms with Crippen molar-refractivity contribution in [2.24, 2.45) is 11.8 Å². The van der Waals surface area contributed by atoms with Crippen LogP contribution in [0.4, 0.5) is 11.5 Å². The molecule has 0 spiro atoms. The molecule has 1 unspecified atom stereocenters. The van der Waals surface area contributed by atoms with Crippen LogP contribution >= 0.6 is 11.6 Å². The largest absolute Gasteiger partial charge is 0.332 e. The third-order valence-corrected chi connectivity index (χ3v) is 5.80. The number of hydrogen-bond acceptors (Lipinski definition) is 8. The first kappa shape index (κ1) is 26.5. The molecule has 1 aromatic carbocycles. The molecule has 2 heterocycles. The fraction of sp³-hybridized carbons (Fsp3) is 0.348. The highest BCUT2D eigenvalue weighted by Gasteiger charge is 2.21. The third-order valence-electron chi connectivity index (χ3n) is 5.48. The van der Waals surface area contributed by atoms with Crippen LogP contribution in [-0.4, -0.2) is 30.9 Å². The number of halogens is 1. The smallest absolute Gasteiger partial charge is 0.326 e. The second-order valence-electron chi connectivity index (χ2n) is 8.11. The van der Waals surface area contributed by atoms with Crippen LogP contribution in [0, 0.1) is 17.2 Å². The van der Waals surface area contributed by atoms with Gasteiger partial charge in [-0.05, 0) is 38.0 Å². The Hall–Kier alpha value is -4.08. The van der Waals surface area contributed by atoms with Gasteiger partial charge in [0.2, 0.25) is 11.8 Å². The number of aromatic nitrogens is 4. The number of carbonyl (C=O) groups is 2. The maximum absolute atomic E-state index is 12.7. The average Bonchev–Trinajstić information content (AvgIpc) is 2.84. The molecule has 0 saturated heterocycles. The molecule has 0 aliphatic rings. The van der Waals surface area contributed by atoms with E-state index in [1.807, 2.05) is 6.07 Å². The molecule has 188 valence electrons. The number of rotatable bonds is 8. The van der Waals surface area contributed by atoms with E-state index in [2.05, 4.69) is 15.3 Å². The van der Waals surface area contributed by atoms with Crippen LogP contribution in [0.15, 0.2) is 34.0 Å². The van der Waals surface area contributed by atoms with E-state index in [0.717, 1.165) is 9.58 Å². The van der Waals surface area contributed by atoms with Crippen molar-refractivity contribution in [1.29, 1.82) is 5.26 Å². The summed E-state index contributed by atoms with van der Waals surface area (Å²) in [7, 11) is 0. The number of aryl methyl sites for hydroxylation is 1. The van der Waals surface area contributed by atoms with E-state index >= 15 is 0 Å². The van der Waals surface area contributed by atoms with Crippen molar-refractivity contribution in [3.8, 4) is 6.07 Å². The van der Waals surface area contributed by atoms with Crippen molar-refractivity contribution in [3.05, 3.63) is 55.8 Å². The minimum absolute atomic E-state index is 0.0184. The summed E-state index contributed by atoms with van der Waals surface area (Å²) < 4.78 is 2.36. The predicted molar refractivity (Wildman–Crippen MR) is 134 cm³/mol. The molecule has 0 aliphatic carbocycles. The summed E-state index contributed by atoms with van der Waals surface area (Å²) in [5, 5.41) is 12.6. The van der Waals surface area contributed by atoms with E-state index in [0.29, 0.717) is 11.3 Å². The van der Waals surface area contributed by atoms with Gasteiger partial charge in [-0.15, -0.1) is 0 Å². The fourth-order valence-corrected chi connectivity index (χ4v) is 3.88. The van der Waals surface area contributed by atoms with Gasteiger partial charge in [-0.1, -0.05) is 18.5 Å². The molecule has 0 fully saturated rings. The Morgan fingerprint density at radius 1 is 1.22 bits per heavy atom. The highest BCUT2D eigenvalue weighted by atomic mass is 35.5. The van der Waals surface area contributed by atoms with Crippen molar-refractivity contribution in [2.45, 2.75) is 46.7 Å². The molecule has 12 nitrogen and oxygen atoms in total. The van der Waals surface area contributed by atoms with Crippen molar-refractivity contribution in [2.75, 3.05) is 10.3 Å². The summed E-state index contributed by atoms with van der Waals surface area (Å²) in [6, 6.07) is 6.46. The molecule has 0 radical (unpaired) electrons. The van der Waals surface area contributed by atoms with E-state index in [-0.39, 0.29) is 59.8 Å². The summed E-state index contributed by atoms with van der Waals surface area (Å²) in [6.45, 7) is 5.55. The van der Waals surface area contributed by atoms with Gasteiger partial charge < -0.3 is 5.32 Å². The lowest BCUT2D eigenvalue weighted by atomic mass is 10.0. The third kappa shape index (κ3) is 5.42. The standard InChI is InChI=1S/C23H25ClN8O4/c1-4-30-21-20(22(35)31(5-2)23(30)36)29-17(12-27-21)32(26)19(34)9-13(3)8-18(33)28-15-7-6-14(11-25)16(24)10-15/h6-7,10,12-13H,4-5,8-9,26H2,1-3H3,(H,28,33). The monoisotopic (exact) mass is 512 g/mol. The predicted octanol–water partition coefficient (Wildman–Crippen LogP) is 1.78. The first-order chi connectivity index (χ1) is 17.1. The van der Waals surface area contributed by atoms with Gasteiger partial charge in [-0.2, -0.15) is 5.26 Å². The van der Waals surface area contributed by atoms with E-state index in [9.17, 15) is 19.2 Å². The molecule has 2 amide bonds. The number of hydrogen-bond donors (Lipinski definition) is 2. The van der Waals surface area contributed by atoms with Gasteiger partial charge in [0.05, 0.1) is 16.8 Å². The van der Waals surface area contributed by atoms with Gasteiger partial charge in [0.1, 0.15) is 6.07 Å². The zero-order chi connectivity index (χ0) is 26.6. The van der Waals surface area contributed by atoms with Crippen LogP contribution in [0.5, 0.6) is 0 Å². The Kier molecular flexibility index (Phi) is 8.18. The lowest BCUT2D eigenvalue weighted by molar-refractivity contribution is -0.120. The zero-order valence-corrected chi connectivity index (χ0v) is 20.7. The molecule has 3 N–H and O–H groups in total. The van der Waals surface area contributed by atoms with Crippen molar-refractivity contribution < 1.29 is 9.59 Å². The average molecular weight is 513 g/mol. The number of hydrazine groups is 1. The summed E-state index contributed by atoms with van der Waals surface area (Å²) in [5.41, 5.74) is -0.360. The van der Waals surface area contributed by atoms with Gasteiger partial charge in [-0.3, -0.25) is 23.5 Å². The summed E-state index contributed by atoms with van der Waals surface area (Å²) in [6.07, 6.45) is 1.16. The Morgan fingerprint density at radius 2 is 1.92 bits per heavy atom. The molecule has 0 bridgehead atoms. The number of anilines is 2. The SMILES string of the molecule is CCn1c(=O)c2nc(N(N)C(=O)CC(C)CC(=O)Nc3ccc(C#N)c(Cl)c3)cnc2n(CC)c1=O. The number of amides is 2. The van der Waals surface area contributed by atoms with Crippen LogP contribution in [0.25, 0.3) is 11.2 Å². The van der Waals surface area contributed by atoms with Gasteiger partial charge in [0.15, 0.2) is 17.0 Å². The normalized spacial score (nSPS) is 11.7. The Balaban J connectivity index is 1.72. The lowest BCUT2D eigenvalue weighted by Crippen LogP contribution is -2.42. The number of nitrogens with zero attached hydrogens (tertiary/aromatic N) is 6. The fourth-order valence-electron chi connectivity index (χ4n) is 3.65. The molecule has 1 atom stereocenters. The summed E-state index contributed by atoms with van der Waals surface area (Å²) in [4.78, 5) is 58.7. The van der Waals surface area contributed by atoms with Crippen molar-refractivity contribution in [3.63, 3.8) is 0 Å². The van der Waals surface area contributed by atoms with Gasteiger partial charge in [-0.25, -0.2) is 25.6 Å². The molecular formula is C23H25ClN8O4. The summed E-state index contributed by atoms with van der Waals surface area (Å²) in [5.74, 6) is 4.64. The van der Waals surface area contributed by atoms with Crippen LogP contribution in [0.3, 0.4) is 0 Å². The maximum Gasteiger partial charge on any atom is 0.332 e. The molecule has 0 aliphatic heterocycles. The van der Waals surface area contributed by atoms with Gasteiger partial charge in [0, 0.05) is 31.6 Å². The number of nitrogens with one attached hydrogen (secondary N) is 1. The lowest BCUT2D eigenvalue weighted by Gasteiger charge is -2.19. The van der Waals surface area contributed by atoms with Crippen LogP contribution in [-0.2, 0) is 22.7 Å². The quantitative estimate of drug-likeness (QED) is 0.261. The van der Waals surface area contributed by atoms with E-state index < -0.39 is 17.2 Å².